The predicted molar refractivity (Wildman–Crippen MR) is 145 cm³/mol. The van der Waals surface area contributed by atoms with Crippen molar-refractivity contribution in [3.63, 3.8) is 0 Å². The van der Waals surface area contributed by atoms with E-state index < -0.39 is 0 Å². The number of aryl methyl sites for hydroxylation is 1. The first kappa shape index (κ1) is 24.1. The molecule has 2 aromatic carbocycles. The molecule has 2 aliphatic rings. The maximum atomic E-state index is 4.66. The molecule has 2 atom stereocenters. The highest BCUT2D eigenvalue weighted by atomic mass is 15.2. The second-order valence-electron chi connectivity index (χ2n) is 9.68. The molecule has 2 aliphatic heterocycles. The number of aliphatic imine (C=N–C) groups is 1. The molecular formula is C29H39N5. The topological polar surface area (TPSA) is 51.7 Å². The Hall–Kier alpha value is -3.05. The van der Waals surface area contributed by atoms with E-state index in [2.05, 4.69) is 109 Å². The van der Waals surface area contributed by atoms with Crippen LogP contribution in [-0.2, 0) is 13.0 Å². The van der Waals surface area contributed by atoms with E-state index in [1.165, 1.54) is 27.9 Å². The van der Waals surface area contributed by atoms with Crippen LogP contribution in [0, 0.1) is 12.8 Å². The summed E-state index contributed by atoms with van der Waals surface area (Å²) in [4.78, 5) is 7.04. The molecule has 0 aromatic heterocycles. The molecule has 2 aromatic rings. The highest BCUT2D eigenvalue weighted by Crippen LogP contribution is 2.31. The molecule has 2 heterocycles. The zero-order valence-electron chi connectivity index (χ0n) is 21.3. The number of benzene rings is 2. The van der Waals surface area contributed by atoms with E-state index in [1.54, 1.807) is 0 Å². The molecule has 0 bridgehead atoms. The van der Waals surface area contributed by atoms with Gasteiger partial charge in [-0.3, -0.25) is 4.99 Å². The van der Waals surface area contributed by atoms with Crippen LogP contribution in [0.5, 0.6) is 0 Å². The summed E-state index contributed by atoms with van der Waals surface area (Å²) < 4.78 is 0. The number of fused-ring (bicyclic) bond motifs is 1. The van der Waals surface area contributed by atoms with Gasteiger partial charge >= 0.3 is 0 Å². The molecule has 0 aliphatic carbocycles. The summed E-state index contributed by atoms with van der Waals surface area (Å²) in [5, 5.41) is 10.9. The van der Waals surface area contributed by atoms with Crippen LogP contribution in [0.15, 0.2) is 64.9 Å². The van der Waals surface area contributed by atoms with Gasteiger partial charge in [-0.05, 0) is 73.7 Å². The summed E-state index contributed by atoms with van der Waals surface area (Å²) in [7, 11) is 2.19. The lowest BCUT2D eigenvalue weighted by atomic mass is 9.97. The first-order chi connectivity index (χ1) is 16.5. The third-order valence-electron chi connectivity index (χ3n) is 6.99. The van der Waals surface area contributed by atoms with E-state index in [1.807, 2.05) is 6.21 Å². The van der Waals surface area contributed by atoms with Crippen molar-refractivity contribution in [1.82, 2.24) is 15.5 Å². The minimum Gasteiger partial charge on any atom is -0.366 e. The van der Waals surface area contributed by atoms with E-state index in [-0.39, 0.29) is 6.17 Å². The van der Waals surface area contributed by atoms with Gasteiger partial charge in [0.05, 0.1) is 5.70 Å². The lowest BCUT2D eigenvalue weighted by Gasteiger charge is -2.27. The number of likely N-dealkylation sites (N-methyl/N-ethyl adjacent to an activating group) is 1. The summed E-state index contributed by atoms with van der Waals surface area (Å²) in [6, 6.07) is 13.3. The fraction of sp³-hybridized carbons (Fsp3) is 0.414. The molecule has 0 radical (unpaired) electrons. The van der Waals surface area contributed by atoms with Crippen LogP contribution in [0.4, 0.5) is 11.4 Å². The standard InChI is InChI=1S/C29H39N5/c1-6-20(3)16-30-17-22(7-2)28-18-31-29(33-28)26-15-24(12-11-21(26)4)32-27-10-8-9-23-19-34(5)14-13-25(23)27/h7-12,15,17-18,20,29,31-33H,6,13-14,16,19H2,1-5H3/b22-7+,30-17?. The average molecular weight is 458 g/mol. The zero-order valence-corrected chi connectivity index (χ0v) is 21.3. The van der Waals surface area contributed by atoms with Gasteiger partial charge in [0.2, 0.25) is 0 Å². The van der Waals surface area contributed by atoms with Gasteiger partial charge < -0.3 is 20.9 Å². The van der Waals surface area contributed by atoms with E-state index in [0.717, 1.165) is 49.4 Å². The Balaban J connectivity index is 1.47. The Morgan fingerprint density at radius 3 is 2.94 bits per heavy atom. The molecule has 180 valence electrons. The summed E-state index contributed by atoms with van der Waals surface area (Å²) in [6.45, 7) is 11.7. The third kappa shape index (κ3) is 5.53. The fourth-order valence-corrected chi connectivity index (χ4v) is 4.55. The first-order valence-corrected chi connectivity index (χ1v) is 12.5. The van der Waals surface area contributed by atoms with E-state index in [0.29, 0.717) is 5.92 Å². The van der Waals surface area contributed by atoms with E-state index in [9.17, 15) is 0 Å². The number of hydrogen-bond donors (Lipinski definition) is 3. The van der Waals surface area contributed by atoms with Gasteiger partial charge in [0.15, 0.2) is 0 Å². The molecule has 0 spiro atoms. The smallest absolute Gasteiger partial charge is 0.123 e. The molecule has 5 nitrogen and oxygen atoms in total. The van der Waals surface area contributed by atoms with Gasteiger partial charge in [-0.1, -0.05) is 44.5 Å². The van der Waals surface area contributed by atoms with Crippen LogP contribution >= 0.6 is 0 Å². The van der Waals surface area contributed by atoms with Crippen LogP contribution < -0.4 is 16.0 Å². The van der Waals surface area contributed by atoms with Crippen molar-refractivity contribution >= 4 is 17.6 Å². The second kappa shape index (κ2) is 10.9. The summed E-state index contributed by atoms with van der Waals surface area (Å²) in [6.07, 6.45) is 8.45. The van der Waals surface area contributed by atoms with Crippen molar-refractivity contribution < 1.29 is 0 Å². The van der Waals surface area contributed by atoms with Crippen LogP contribution in [0.1, 0.15) is 55.6 Å². The van der Waals surface area contributed by atoms with Crippen molar-refractivity contribution in [3.8, 4) is 0 Å². The quantitative estimate of drug-likeness (QED) is 0.437. The van der Waals surface area contributed by atoms with Crippen molar-refractivity contribution in [1.29, 1.82) is 0 Å². The normalized spacial score (nSPS) is 19.4. The number of anilines is 2. The van der Waals surface area contributed by atoms with Crippen LogP contribution in [0.2, 0.25) is 0 Å². The molecular weight excluding hydrogens is 418 g/mol. The van der Waals surface area contributed by atoms with Crippen molar-refractivity contribution in [3.05, 3.63) is 82.2 Å². The maximum Gasteiger partial charge on any atom is 0.123 e. The molecule has 0 saturated heterocycles. The van der Waals surface area contributed by atoms with Crippen molar-refractivity contribution in [2.45, 2.75) is 53.2 Å². The largest absolute Gasteiger partial charge is 0.366 e. The third-order valence-corrected chi connectivity index (χ3v) is 6.99. The molecule has 34 heavy (non-hydrogen) atoms. The van der Waals surface area contributed by atoms with Crippen LogP contribution in [0.25, 0.3) is 0 Å². The molecule has 3 N–H and O–H groups in total. The Morgan fingerprint density at radius 1 is 1.29 bits per heavy atom. The minimum atomic E-state index is 0.0352. The minimum absolute atomic E-state index is 0.0352. The summed E-state index contributed by atoms with van der Waals surface area (Å²) in [5.41, 5.74) is 9.91. The molecule has 4 rings (SSSR count). The zero-order chi connectivity index (χ0) is 24.1. The monoisotopic (exact) mass is 457 g/mol. The maximum absolute atomic E-state index is 4.66. The van der Waals surface area contributed by atoms with Gasteiger partial charge in [0.1, 0.15) is 6.17 Å². The van der Waals surface area contributed by atoms with Gasteiger partial charge in [0.25, 0.3) is 0 Å². The molecule has 2 unspecified atom stereocenters. The number of rotatable bonds is 8. The molecule has 5 heteroatoms. The average Bonchev–Trinajstić information content (AvgIpc) is 3.32. The van der Waals surface area contributed by atoms with Gasteiger partial charge in [-0.2, -0.15) is 0 Å². The van der Waals surface area contributed by atoms with Gasteiger partial charge in [-0.25, -0.2) is 0 Å². The SMILES string of the molecule is C/C=C(\C=NCC(C)CC)C1=CNC(c2cc(Nc3cccc4c3CCN(C)C4)ccc2C)N1. The van der Waals surface area contributed by atoms with Crippen LogP contribution in [-0.4, -0.2) is 31.3 Å². The summed E-state index contributed by atoms with van der Waals surface area (Å²) >= 11 is 0. The Labute approximate surface area is 205 Å². The lowest BCUT2D eigenvalue weighted by Crippen LogP contribution is -2.27. The molecule has 0 fully saturated rings. The number of hydrogen-bond acceptors (Lipinski definition) is 5. The Morgan fingerprint density at radius 2 is 2.15 bits per heavy atom. The van der Waals surface area contributed by atoms with Gasteiger partial charge in [0, 0.05) is 49.0 Å². The van der Waals surface area contributed by atoms with E-state index >= 15 is 0 Å². The molecule has 0 saturated carbocycles. The summed E-state index contributed by atoms with van der Waals surface area (Å²) in [5.74, 6) is 0.611. The number of nitrogens with one attached hydrogen (secondary N) is 3. The van der Waals surface area contributed by atoms with Gasteiger partial charge in [-0.15, -0.1) is 0 Å². The highest BCUT2D eigenvalue weighted by Gasteiger charge is 2.21. The Kier molecular flexibility index (Phi) is 7.73. The Bertz CT molecular complexity index is 1100. The predicted octanol–water partition coefficient (Wildman–Crippen LogP) is 5.82. The lowest BCUT2D eigenvalue weighted by molar-refractivity contribution is 0.313. The number of nitrogens with zero attached hydrogens (tertiary/aromatic N) is 2. The van der Waals surface area contributed by atoms with E-state index in [4.69, 9.17) is 0 Å². The van der Waals surface area contributed by atoms with Crippen molar-refractivity contribution in [2.75, 3.05) is 25.5 Å². The van der Waals surface area contributed by atoms with Crippen molar-refractivity contribution in [2.24, 2.45) is 10.9 Å². The number of allylic oxidation sites excluding steroid dienone is 2. The molecule has 0 amide bonds. The second-order valence-corrected chi connectivity index (χ2v) is 9.68. The van der Waals surface area contributed by atoms with Crippen LogP contribution in [0.3, 0.4) is 0 Å². The first-order valence-electron chi connectivity index (χ1n) is 12.5. The fourth-order valence-electron chi connectivity index (χ4n) is 4.55. The highest BCUT2D eigenvalue weighted by molar-refractivity contribution is 5.84.